The highest BCUT2D eigenvalue weighted by molar-refractivity contribution is 5.92. The van der Waals surface area contributed by atoms with E-state index in [0.717, 1.165) is 5.56 Å². The highest BCUT2D eigenvalue weighted by atomic mass is 16.3. The van der Waals surface area contributed by atoms with Crippen LogP contribution >= 0.6 is 0 Å². The molecule has 0 fully saturated rings. The molecule has 0 unspecified atom stereocenters. The monoisotopic (exact) mass is 286 g/mol. The van der Waals surface area contributed by atoms with Crippen LogP contribution in [0.2, 0.25) is 0 Å². The molecule has 4 N–H and O–H groups in total. The third kappa shape index (κ3) is 4.01. The van der Waals surface area contributed by atoms with Crippen molar-refractivity contribution in [2.75, 3.05) is 18.6 Å². The van der Waals surface area contributed by atoms with Gasteiger partial charge in [0.1, 0.15) is 11.5 Å². The molecule has 1 heterocycles. The zero-order valence-electron chi connectivity index (χ0n) is 11.6. The van der Waals surface area contributed by atoms with Gasteiger partial charge in [-0.1, -0.05) is 36.4 Å². The molecule has 1 amide bonds. The van der Waals surface area contributed by atoms with Crippen LogP contribution in [0.5, 0.6) is 0 Å². The summed E-state index contributed by atoms with van der Waals surface area (Å²) < 4.78 is 0. The Bertz CT molecular complexity index is 589. The quantitative estimate of drug-likeness (QED) is 0.544. The van der Waals surface area contributed by atoms with E-state index in [1.807, 2.05) is 30.3 Å². The Kier molecular flexibility index (Phi) is 5.25. The van der Waals surface area contributed by atoms with Gasteiger partial charge >= 0.3 is 0 Å². The SMILES string of the molecule is NNc1cccc(C(=O)N(CCO)Cc2ccccc2)n1. The Morgan fingerprint density at radius 3 is 2.62 bits per heavy atom. The molecule has 0 aliphatic rings. The van der Waals surface area contributed by atoms with E-state index in [0.29, 0.717) is 12.4 Å². The second-order valence-electron chi connectivity index (χ2n) is 4.49. The Morgan fingerprint density at radius 1 is 1.19 bits per heavy atom. The van der Waals surface area contributed by atoms with E-state index < -0.39 is 0 Å². The first-order chi connectivity index (χ1) is 10.2. The minimum absolute atomic E-state index is 0.104. The number of nitrogens with one attached hydrogen (secondary N) is 1. The fourth-order valence-electron chi connectivity index (χ4n) is 1.97. The fraction of sp³-hybridized carbons (Fsp3) is 0.200. The number of nitrogens with zero attached hydrogens (tertiary/aromatic N) is 2. The number of anilines is 1. The molecule has 110 valence electrons. The molecule has 6 heteroatoms. The first-order valence-corrected chi connectivity index (χ1v) is 6.62. The molecule has 0 aliphatic carbocycles. The minimum Gasteiger partial charge on any atom is -0.395 e. The third-order valence-electron chi connectivity index (χ3n) is 2.99. The number of nitrogen functional groups attached to an aromatic ring is 1. The number of aliphatic hydroxyl groups is 1. The zero-order chi connectivity index (χ0) is 15.1. The number of amides is 1. The number of aromatic nitrogens is 1. The molecule has 6 nitrogen and oxygen atoms in total. The minimum atomic E-state index is -0.245. The van der Waals surface area contributed by atoms with Crippen LogP contribution in [0.25, 0.3) is 0 Å². The summed E-state index contributed by atoms with van der Waals surface area (Å²) in [5.41, 5.74) is 3.69. The van der Waals surface area contributed by atoms with Gasteiger partial charge in [-0.05, 0) is 17.7 Å². The van der Waals surface area contributed by atoms with Gasteiger partial charge < -0.3 is 15.4 Å². The molecule has 0 radical (unpaired) electrons. The van der Waals surface area contributed by atoms with Crippen molar-refractivity contribution < 1.29 is 9.90 Å². The van der Waals surface area contributed by atoms with Gasteiger partial charge in [-0.2, -0.15) is 0 Å². The number of hydrazine groups is 1. The van der Waals surface area contributed by atoms with E-state index in [2.05, 4.69) is 10.4 Å². The highest BCUT2D eigenvalue weighted by Gasteiger charge is 2.17. The Labute approximate surface area is 123 Å². The van der Waals surface area contributed by atoms with Crippen LogP contribution < -0.4 is 11.3 Å². The van der Waals surface area contributed by atoms with E-state index in [4.69, 9.17) is 10.9 Å². The smallest absolute Gasteiger partial charge is 0.272 e. The lowest BCUT2D eigenvalue weighted by Crippen LogP contribution is -2.33. The van der Waals surface area contributed by atoms with Crippen molar-refractivity contribution in [1.82, 2.24) is 9.88 Å². The molecule has 1 aromatic carbocycles. The lowest BCUT2D eigenvalue weighted by Gasteiger charge is -2.21. The average Bonchev–Trinajstić information content (AvgIpc) is 2.55. The van der Waals surface area contributed by atoms with Gasteiger partial charge in [-0.25, -0.2) is 10.8 Å². The molecular weight excluding hydrogens is 268 g/mol. The van der Waals surface area contributed by atoms with Crippen LogP contribution in [0.3, 0.4) is 0 Å². The van der Waals surface area contributed by atoms with Crippen molar-refractivity contribution in [1.29, 1.82) is 0 Å². The van der Waals surface area contributed by atoms with Crippen molar-refractivity contribution in [3.8, 4) is 0 Å². The number of carbonyl (C=O) groups is 1. The van der Waals surface area contributed by atoms with Crippen molar-refractivity contribution in [2.24, 2.45) is 5.84 Å². The van der Waals surface area contributed by atoms with Crippen LogP contribution in [0.1, 0.15) is 16.1 Å². The molecule has 0 saturated carbocycles. The van der Waals surface area contributed by atoms with Gasteiger partial charge in [-0.15, -0.1) is 0 Å². The van der Waals surface area contributed by atoms with Crippen molar-refractivity contribution in [3.63, 3.8) is 0 Å². The molecule has 2 rings (SSSR count). The summed E-state index contributed by atoms with van der Waals surface area (Å²) in [6.45, 7) is 0.561. The van der Waals surface area contributed by atoms with Gasteiger partial charge in [0.2, 0.25) is 0 Å². The summed E-state index contributed by atoms with van der Waals surface area (Å²) in [6, 6.07) is 14.6. The fourth-order valence-corrected chi connectivity index (χ4v) is 1.97. The summed E-state index contributed by atoms with van der Waals surface area (Å²) in [5, 5.41) is 9.16. The van der Waals surface area contributed by atoms with Crippen molar-refractivity contribution in [2.45, 2.75) is 6.54 Å². The number of hydrogen-bond acceptors (Lipinski definition) is 5. The summed E-state index contributed by atoms with van der Waals surface area (Å²) in [6.07, 6.45) is 0. The number of nitrogens with two attached hydrogens (primary N) is 1. The van der Waals surface area contributed by atoms with E-state index in [1.54, 1.807) is 23.1 Å². The van der Waals surface area contributed by atoms with Crippen LogP contribution in [0.4, 0.5) is 5.82 Å². The Balaban J connectivity index is 2.18. The second-order valence-corrected chi connectivity index (χ2v) is 4.49. The number of carbonyl (C=O) groups excluding carboxylic acids is 1. The highest BCUT2D eigenvalue weighted by Crippen LogP contribution is 2.10. The maximum Gasteiger partial charge on any atom is 0.272 e. The predicted octanol–water partition coefficient (Wildman–Crippen LogP) is 1.00. The maximum atomic E-state index is 12.5. The zero-order valence-corrected chi connectivity index (χ0v) is 11.6. The summed E-state index contributed by atoms with van der Waals surface area (Å²) >= 11 is 0. The molecular formula is C15H18N4O2. The molecule has 1 aromatic heterocycles. The molecule has 21 heavy (non-hydrogen) atoms. The van der Waals surface area contributed by atoms with Crippen molar-refractivity contribution in [3.05, 3.63) is 59.8 Å². The number of pyridine rings is 1. The van der Waals surface area contributed by atoms with E-state index in [-0.39, 0.29) is 24.8 Å². The normalized spacial score (nSPS) is 10.2. The Morgan fingerprint density at radius 2 is 1.95 bits per heavy atom. The summed E-state index contributed by atoms with van der Waals surface area (Å²) in [5.74, 6) is 5.48. The van der Waals surface area contributed by atoms with Gasteiger partial charge in [0.05, 0.1) is 6.61 Å². The first-order valence-electron chi connectivity index (χ1n) is 6.62. The van der Waals surface area contributed by atoms with Gasteiger partial charge in [-0.3, -0.25) is 4.79 Å². The van der Waals surface area contributed by atoms with Gasteiger partial charge in [0, 0.05) is 13.1 Å². The molecule has 0 bridgehead atoms. The number of hydrogen-bond donors (Lipinski definition) is 3. The van der Waals surface area contributed by atoms with Gasteiger partial charge in [0.25, 0.3) is 5.91 Å². The van der Waals surface area contributed by atoms with E-state index >= 15 is 0 Å². The predicted molar refractivity (Wildman–Crippen MR) is 80.3 cm³/mol. The number of rotatable bonds is 6. The van der Waals surface area contributed by atoms with Crippen LogP contribution in [0, 0.1) is 0 Å². The summed E-state index contributed by atoms with van der Waals surface area (Å²) in [7, 11) is 0. The van der Waals surface area contributed by atoms with E-state index in [9.17, 15) is 4.79 Å². The van der Waals surface area contributed by atoms with Crippen LogP contribution in [-0.4, -0.2) is 34.0 Å². The largest absolute Gasteiger partial charge is 0.395 e. The number of benzene rings is 1. The van der Waals surface area contributed by atoms with Crippen LogP contribution in [0.15, 0.2) is 48.5 Å². The standard InChI is InChI=1S/C15H18N4O2/c16-18-14-8-4-7-13(17-14)15(21)19(9-10-20)11-12-5-2-1-3-6-12/h1-8,20H,9-11,16H2,(H,17,18). The molecule has 0 aliphatic heterocycles. The van der Waals surface area contributed by atoms with Gasteiger partial charge in [0.15, 0.2) is 0 Å². The maximum absolute atomic E-state index is 12.5. The lowest BCUT2D eigenvalue weighted by atomic mass is 10.2. The van der Waals surface area contributed by atoms with E-state index in [1.165, 1.54) is 0 Å². The Hall–Kier alpha value is -2.44. The molecule has 0 atom stereocenters. The molecule has 2 aromatic rings. The second kappa shape index (κ2) is 7.37. The number of aliphatic hydroxyl groups excluding tert-OH is 1. The summed E-state index contributed by atoms with van der Waals surface area (Å²) in [4.78, 5) is 18.2. The lowest BCUT2D eigenvalue weighted by molar-refractivity contribution is 0.0702. The van der Waals surface area contributed by atoms with Crippen LogP contribution in [-0.2, 0) is 6.54 Å². The first kappa shape index (κ1) is 15.0. The molecule has 0 saturated heterocycles. The average molecular weight is 286 g/mol. The third-order valence-corrected chi connectivity index (χ3v) is 2.99. The molecule has 0 spiro atoms. The van der Waals surface area contributed by atoms with Crippen molar-refractivity contribution >= 4 is 11.7 Å². The topological polar surface area (TPSA) is 91.5 Å².